The van der Waals surface area contributed by atoms with Gasteiger partial charge in [0.05, 0.1) is 21.6 Å². The summed E-state index contributed by atoms with van der Waals surface area (Å²) < 4.78 is 0. The van der Waals surface area contributed by atoms with Crippen LogP contribution in [0, 0.1) is 5.92 Å². The van der Waals surface area contributed by atoms with Gasteiger partial charge in [-0.1, -0.05) is 26.0 Å². The monoisotopic (exact) mass is 271 g/mol. The van der Waals surface area contributed by atoms with E-state index in [-0.39, 0.29) is 0 Å². The van der Waals surface area contributed by atoms with Gasteiger partial charge >= 0.3 is 0 Å². The van der Waals surface area contributed by atoms with E-state index in [1.165, 1.54) is 5.56 Å². The lowest BCUT2D eigenvalue weighted by Crippen LogP contribution is -1.94. The number of aromatic nitrogens is 2. The Hall–Kier alpha value is -1.81. The number of anilines is 1. The molecular formula is C15H17N3S. The Bertz CT molecular complexity index is 709. The van der Waals surface area contributed by atoms with Gasteiger partial charge in [-0.25, -0.2) is 4.98 Å². The molecular weight excluding hydrogens is 254 g/mol. The summed E-state index contributed by atoms with van der Waals surface area (Å²) in [4.78, 5) is 9.14. The number of hydrogen-bond acceptors (Lipinski definition) is 3. The number of nitrogen functional groups attached to an aromatic ring is 1. The van der Waals surface area contributed by atoms with Gasteiger partial charge < -0.3 is 10.7 Å². The minimum atomic E-state index is 0.623. The van der Waals surface area contributed by atoms with Gasteiger partial charge in [-0.2, -0.15) is 0 Å². The second kappa shape index (κ2) is 4.70. The molecule has 0 radical (unpaired) electrons. The van der Waals surface area contributed by atoms with Gasteiger partial charge in [0.1, 0.15) is 0 Å². The molecule has 3 nitrogen and oxygen atoms in total. The number of nitrogens with zero attached hydrogens (tertiary/aromatic N) is 1. The average Bonchev–Trinajstić information content (AvgIpc) is 2.94. The van der Waals surface area contributed by atoms with Crippen molar-refractivity contribution >= 4 is 28.1 Å². The zero-order valence-corrected chi connectivity index (χ0v) is 11.9. The quantitative estimate of drug-likeness (QED) is 0.754. The number of para-hydroxylation sites is 1. The van der Waals surface area contributed by atoms with Crippen LogP contribution in [0.5, 0.6) is 0 Å². The Kier molecular flexibility index (Phi) is 3.03. The first-order chi connectivity index (χ1) is 9.15. The summed E-state index contributed by atoms with van der Waals surface area (Å²) in [5.74, 6) is 1.50. The summed E-state index contributed by atoms with van der Waals surface area (Å²) in [5, 5.41) is 1.99. The van der Waals surface area contributed by atoms with Crippen LogP contribution in [0.15, 0.2) is 29.6 Å². The van der Waals surface area contributed by atoms with Crippen molar-refractivity contribution in [2.75, 3.05) is 5.73 Å². The highest BCUT2D eigenvalue weighted by Crippen LogP contribution is 2.31. The zero-order valence-electron chi connectivity index (χ0n) is 11.1. The van der Waals surface area contributed by atoms with Crippen molar-refractivity contribution in [3.63, 3.8) is 0 Å². The molecule has 0 aliphatic heterocycles. The first kappa shape index (κ1) is 12.2. The number of thiophene rings is 1. The number of aromatic amines is 1. The maximum atomic E-state index is 5.96. The Morgan fingerprint density at radius 2 is 2.16 bits per heavy atom. The molecule has 0 aliphatic rings. The van der Waals surface area contributed by atoms with Gasteiger partial charge in [0.2, 0.25) is 0 Å². The van der Waals surface area contributed by atoms with Gasteiger partial charge in [0, 0.05) is 0 Å². The third-order valence-electron chi connectivity index (χ3n) is 3.14. The third kappa shape index (κ3) is 2.24. The predicted octanol–water partition coefficient (Wildman–Crippen LogP) is 4.07. The molecule has 4 heteroatoms. The number of H-pyrrole nitrogens is 1. The van der Waals surface area contributed by atoms with E-state index < -0.39 is 0 Å². The van der Waals surface area contributed by atoms with Crippen molar-refractivity contribution in [1.82, 2.24) is 9.97 Å². The predicted molar refractivity (Wildman–Crippen MR) is 82.4 cm³/mol. The molecule has 0 atom stereocenters. The molecule has 1 aromatic carbocycles. The minimum absolute atomic E-state index is 0.623. The molecule has 0 saturated carbocycles. The molecule has 0 amide bonds. The summed E-state index contributed by atoms with van der Waals surface area (Å²) in [6.45, 7) is 4.45. The van der Waals surface area contributed by atoms with Crippen LogP contribution in [0.25, 0.3) is 21.7 Å². The number of rotatable bonds is 3. The number of nitrogens with two attached hydrogens (primary N) is 1. The lowest BCUT2D eigenvalue weighted by Gasteiger charge is -2.04. The van der Waals surface area contributed by atoms with Crippen LogP contribution in [0.1, 0.15) is 19.4 Å². The first-order valence-electron chi connectivity index (χ1n) is 6.46. The highest BCUT2D eigenvalue weighted by atomic mass is 32.1. The zero-order chi connectivity index (χ0) is 13.4. The molecule has 3 rings (SSSR count). The number of fused-ring (bicyclic) bond motifs is 1. The van der Waals surface area contributed by atoms with Crippen molar-refractivity contribution in [2.45, 2.75) is 20.3 Å². The van der Waals surface area contributed by atoms with Crippen LogP contribution in [0.3, 0.4) is 0 Å². The largest absolute Gasteiger partial charge is 0.397 e. The molecule has 0 unspecified atom stereocenters. The molecule has 0 aliphatic carbocycles. The van der Waals surface area contributed by atoms with Crippen molar-refractivity contribution in [2.24, 2.45) is 5.92 Å². The van der Waals surface area contributed by atoms with Crippen LogP contribution in [-0.2, 0) is 6.42 Å². The topological polar surface area (TPSA) is 54.7 Å². The van der Waals surface area contributed by atoms with Crippen LogP contribution in [0.4, 0.5) is 5.69 Å². The van der Waals surface area contributed by atoms with Crippen molar-refractivity contribution in [1.29, 1.82) is 0 Å². The maximum Gasteiger partial charge on any atom is 0.150 e. The molecule has 0 spiro atoms. The number of nitrogens with one attached hydrogen (secondary N) is 1. The fourth-order valence-corrected chi connectivity index (χ4v) is 3.08. The standard InChI is InChI=1S/C15H17N3S/c1-9(2)8-10-4-3-5-12-13(10)18-15(17-12)14-11(16)6-7-19-14/h3-7,9H,8,16H2,1-2H3,(H,17,18). The van der Waals surface area contributed by atoms with Crippen LogP contribution >= 0.6 is 11.3 Å². The normalized spacial score (nSPS) is 11.5. The number of imidazole rings is 1. The van der Waals surface area contributed by atoms with Gasteiger partial charge in [0.25, 0.3) is 0 Å². The van der Waals surface area contributed by atoms with Crippen molar-refractivity contribution in [3.05, 3.63) is 35.2 Å². The van der Waals surface area contributed by atoms with Crippen LogP contribution < -0.4 is 5.73 Å². The molecule has 0 saturated heterocycles. The summed E-state index contributed by atoms with van der Waals surface area (Å²) in [5.41, 5.74) is 10.2. The fraction of sp³-hybridized carbons (Fsp3) is 0.267. The van der Waals surface area contributed by atoms with Crippen LogP contribution in [0.2, 0.25) is 0 Å². The Balaban J connectivity index is 2.13. The summed E-state index contributed by atoms with van der Waals surface area (Å²) >= 11 is 1.62. The van der Waals surface area contributed by atoms with Gasteiger partial charge in [-0.15, -0.1) is 11.3 Å². The molecule has 0 fully saturated rings. The summed E-state index contributed by atoms with van der Waals surface area (Å²) in [6, 6.07) is 8.23. The van der Waals surface area contributed by atoms with Gasteiger partial charge in [-0.3, -0.25) is 0 Å². The molecule has 2 aromatic heterocycles. The second-order valence-corrected chi connectivity index (χ2v) is 6.12. The molecule has 3 N–H and O–H groups in total. The SMILES string of the molecule is CC(C)Cc1cccc2[nH]c(-c3sccc3N)nc12. The van der Waals surface area contributed by atoms with E-state index in [0.717, 1.165) is 33.8 Å². The molecule has 0 bridgehead atoms. The van der Waals surface area contributed by atoms with Crippen molar-refractivity contribution in [3.8, 4) is 10.7 Å². The van der Waals surface area contributed by atoms with E-state index in [9.17, 15) is 0 Å². The number of benzene rings is 1. The Morgan fingerprint density at radius 1 is 1.32 bits per heavy atom. The van der Waals surface area contributed by atoms with E-state index in [4.69, 9.17) is 10.7 Å². The maximum absolute atomic E-state index is 5.96. The average molecular weight is 271 g/mol. The fourth-order valence-electron chi connectivity index (χ4n) is 2.32. The van der Waals surface area contributed by atoms with E-state index in [0.29, 0.717) is 5.92 Å². The molecule has 98 valence electrons. The summed E-state index contributed by atoms with van der Waals surface area (Å²) in [7, 11) is 0. The summed E-state index contributed by atoms with van der Waals surface area (Å²) in [6.07, 6.45) is 1.04. The molecule has 3 aromatic rings. The van der Waals surface area contributed by atoms with E-state index >= 15 is 0 Å². The van der Waals surface area contributed by atoms with E-state index in [2.05, 4.69) is 37.0 Å². The lowest BCUT2D eigenvalue weighted by molar-refractivity contribution is 0.649. The van der Waals surface area contributed by atoms with Crippen LogP contribution in [-0.4, -0.2) is 9.97 Å². The lowest BCUT2D eigenvalue weighted by atomic mass is 10.0. The minimum Gasteiger partial charge on any atom is -0.397 e. The van der Waals surface area contributed by atoms with Crippen molar-refractivity contribution < 1.29 is 0 Å². The van der Waals surface area contributed by atoms with Gasteiger partial charge in [0.15, 0.2) is 5.82 Å². The molecule has 19 heavy (non-hydrogen) atoms. The second-order valence-electron chi connectivity index (χ2n) is 5.20. The first-order valence-corrected chi connectivity index (χ1v) is 7.34. The smallest absolute Gasteiger partial charge is 0.150 e. The Morgan fingerprint density at radius 3 is 2.84 bits per heavy atom. The third-order valence-corrected chi connectivity index (χ3v) is 4.07. The van der Waals surface area contributed by atoms with E-state index in [1.54, 1.807) is 11.3 Å². The highest BCUT2D eigenvalue weighted by Gasteiger charge is 2.12. The molecule has 2 heterocycles. The Labute approximate surface area is 116 Å². The van der Waals surface area contributed by atoms with Gasteiger partial charge in [-0.05, 0) is 35.4 Å². The highest BCUT2D eigenvalue weighted by molar-refractivity contribution is 7.14. The number of hydrogen-bond donors (Lipinski definition) is 2. The van der Waals surface area contributed by atoms with E-state index in [1.807, 2.05) is 11.4 Å².